The smallest absolute Gasteiger partial charge is 0.243 e. The molecule has 7 nitrogen and oxygen atoms in total. The van der Waals surface area contributed by atoms with E-state index in [-0.39, 0.29) is 11.0 Å². The van der Waals surface area contributed by atoms with Gasteiger partial charge < -0.3 is 9.64 Å². The Morgan fingerprint density at radius 2 is 1.88 bits per heavy atom. The van der Waals surface area contributed by atoms with Crippen molar-refractivity contribution in [2.45, 2.75) is 17.4 Å². The fraction of sp³-hybridized carbons (Fsp3) is 0.375. The largest absolute Gasteiger partial charge is 0.472 e. The SMILES string of the molecule is CN(C)c1ccc(OC2CCN(S(=O)(=O)c3ccc(Br)cc3)C2)nn1. The van der Waals surface area contributed by atoms with Crippen LogP contribution < -0.4 is 9.64 Å². The van der Waals surface area contributed by atoms with E-state index in [2.05, 4.69) is 26.1 Å². The van der Waals surface area contributed by atoms with Gasteiger partial charge in [0.15, 0.2) is 5.82 Å². The molecule has 1 aromatic heterocycles. The summed E-state index contributed by atoms with van der Waals surface area (Å²) in [4.78, 5) is 2.13. The summed E-state index contributed by atoms with van der Waals surface area (Å²) >= 11 is 3.31. The molecule has 1 fully saturated rings. The average molecular weight is 427 g/mol. The van der Waals surface area contributed by atoms with Crippen LogP contribution in [0.5, 0.6) is 5.88 Å². The van der Waals surface area contributed by atoms with E-state index in [4.69, 9.17) is 4.74 Å². The van der Waals surface area contributed by atoms with Crippen LogP contribution in [0, 0.1) is 0 Å². The van der Waals surface area contributed by atoms with Crippen LogP contribution in [-0.2, 0) is 10.0 Å². The summed E-state index contributed by atoms with van der Waals surface area (Å²) in [7, 11) is 0.254. The quantitative estimate of drug-likeness (QED) is 0.728. The number of rotatable bonds is 5. The van der Waals surface area contributed by atoms with Gasteiger partial charge in [-0.3, -0.25) is 0 Å². The second-order valence-corrected chi connectivity index (χ2v) is 8.82. The van der Waals surface area contributed by atoms with Gasteiger partial charge >= 0.3 is 0 Å². The van der Waals surface area contributed by atoms with Crippen LogP contribution in [0.3, 0.4) is 0 Å². The van der Waals surface area contributed by atoms with E-state index in [9.17, 15) is 8.42 Å². The molecule has 0 saturated carbocycles. The molecule has 1 aromatic carbocycles. The lowest BCUT2D eigenvalue weighted by Gasteiger charge is -2.17. The van der Waals surface area contributed by atoms with Crippen LogP contribution in [0.25, 0.3) is 0 Å². The van der Waals surface area contributed by atoms with Crippen molar-refractivity contribution in [1.82, 2.24) is 14.5 Å². The van der Waals surface area contributed by atoms with Crippen LogP contribution in [-0.4, -0.2) is 56.2 Å². The second-order valence-electron chi connectivity index (χ2n) is 5.97. The van der Waals surface area contributed by atoms with Gasteiger partial charge in [-0.25, -0.2) is 8.42 Å². The Balaban J connectivity index is 1.66. The van der Waals surface area contributed by atoms with E-state index in [1.165, 1.54) is 4.31 Å². The Hall–Kier alpha value is -1.71. The maximum absolute atomic E-state index is 12.7. The van der Waals surface area contributed by atoms with Gasteiger partial charge in [0.1, 0.15) is 6.10 Å². The lowest BCUT2D eigenvalue weighted by molar-refractivity contribution is 0.204. The standard InChI is InChI=1S/C16H19BrN4O3S/c1-20(2)15-7-8-16(19-18-15)24-13-9-10-21(11-13)25(22,23)14-5-3-12(17)4-6-14/h3-8,13H,9-11H2,1-2H3. The van der Waals surface area contributed by atoms with E-state index >= 15 is 0 Å². The van der Waals surface area contributed by atoms with Crippen molar-refractivity contribution < 1.29 is 13.2 Å². The van der Waals surface area contributed by atoms with E-state index < -0.39 is 10.0 Å². The molecule has 134 valence electrons. The molecule has 1 aliphatic rings. The normalized spacial score (nSPS) is 18.3. The van der Waals surface area contributed by atoms with Crippen LogP contribution in [0.2, 0.25) is 0 Å². The van der Waals surface area contributed by atoms with E-state index in [0.717, 1.165) is 10.3 Å². The molecule has 0 aliphatic carbocycles. The van der Waals surface area contributed by atoms with Crippen molar-refractivity contribution in [2.75, 3.05) is 32.1 Å². The Morgan fingerprint density at radius 3 is 2.48 bits per heavy atom. The number of ether oxygens (including phenoxy) is 1. The van der Waals surface area contributed by atoms with Gasteiger partial charge in [-0.1, -0.05) is 15.9 Å². The fourth-order valence-electron chi connectivity index (χ4n) is 2.55. The maximum Gasteiger partial charge on any atom is 0.243 e. The summed E-state index contributed by atoms with van der Waals surface area (Å²) in [6.45, 7) is 0.724. The van der Waals surface area contributed by atoms with Gasteiger partial charge in [0.2, 0.25) is 15.9 Å². The third-order valence-electron chi connectivity index (χ3n) is 3.93. The minimum Gasteiger partial charge on any atom is -0.472 e. The molecule has 3 rings (SSSR count). The van der Waals surface area contributed by atoms with Crippen LogP contribution in [0.15, 0.2) is 45.8 Å². The summed E-state index contributed by atoms with van der Waals surface area (Å²) in [5, 5.41) is 8.09. The molecule has 0 bridgehead atoms. The first-order valence-corrected chi connectivity index (χ1v) is 10.0. The predicted molar refractivity (Wildman–Crippen MR) is 98.3 cm³/mol. The predicted octanol–water partition coefficient (Wildman–Crippen LogP) is 2.15. The first kappa shape index (κ1) is 18.1. The summed E-state index contributed by atoms with van der Waals surface area (Å²) in [6, 6.07) is 10.2. The maximum atomic E-state index is 12.7. The lowest BCUT2D eigenvalue weighted by atomic mass is 10.3. The number of nitrogens with zero attached hydrogens (tertiary/aromatic N) is 4. The zero-order valence-corrected chi connectivity index (χ0v) is 16.4. The van der Waals surface area contributed by atoms with Gasteiger partial charge in [-0.15, -0.1) is 10.2 Å². The number of benzene rings is 1. The number of halogens is 1. The van der Waals surface area contributed by atoms with Crippen LogP contribution >= 0.6 is 15.9 Å². The lowest BCUT2D eigenvalue weighted by Crippen LogP contribution is -2.31. The molecule has 1 atom stereocenters. The molecule has 2 aromatic rings. The molecule has 25 heavy (non-hydrogen) atoms. The van der Waals surface area contributed by atoms with E-state index in [1.807, 2.05) is 25.1 Å². The highest BCUT2D eigenvalue weighted by molar-refractivity contribution is 9.10. The number of hydrogen-bond donors (Lipinski definition) is 0. The summed E-state index contributed by atoms with van der Waals surface area (Å²) in [5.74, 6) is 1.14. The number of anilines is 1. The second kappa shape index (κ2) is 7.27. The van der Waals surface area contributed by atoms with Crippen molar-refractivity contribution in [3.05, 3.63) is 40.9 Å². The van der Waals surface area contributed by atoms with Crippen molar-refractivity contribution in [1.29, 1.82) is 0 Å². The number of sulfonamides is 1. The fourth-order valence-corrected chi connectivity index (χ4v) is 4.30. The first-order valence-electron chi connectivity index (χ1n) is 7.80. The molecule has 1 aliphatic heterocycles. The van der Waals surface area contributed by atoms with Crippen molar-refractivity contribution >= 4 is 31.8 Å². The van der Waals surface area contributed by atoms with Gasteiger partial charge in [0.05, 0.1) is 11.4 Å². The topological polar surface area (TPSA) is 75.6 Å². The summed E-state index contributed by atoms with van der Waals surface area (Å²) in [6.07, 6.45) is 0.386. The first-order chi connectivity index (χ1) is 11.9. The van der Waals surface area contributed by atoms with Gasteiger partial charge in [-0.2, -0.15) is 4.31 Å². The molecule has 0 spiro atoms. The highest BCUT2D eigenvalue weighted by Gasteiger charge is 2.33. The molecule has 0 amide bonds. The van der Waals surface area contributed by atoms with Crippen LogP contribution in [0.1, 0.15) is 6.42 Å². The molecule has 1 saturated heterocycles. The molecule has 0 N–H and O–H groups in total. The Morgan fingerprint density at radius 1 is 1.16 bits per heavy atom. The van der Waals surface area contributed by atoms with E-state index in [1.54, 1.807) is 30.3 Å². The van der Waals surface area contributed by atoms with Crippen LogP contribution in [0.4, 0.5) is 5.82 Å². The Bertz CT molecular complexity index is 825. The molecule has 0 radical (unpaired) electrons. The summed E-state index contributed by atoms with van der Waals surface area (Å²) in [5.41, 5.74) is 0. The summed E-state index contributed by atoms with van der Waals surface area (Å²) < 4.78 is 33.4. The van der Waals surface area contributed by atoms with E-state index in [0.29, 0.717) is 25.4 Å². The van der Waals surface area contributed by atoms with Gasteiger partial charge in [0, 0.05) is 31.2 Å². The van der Waals surface area contributed by atoms with Gasteiger partial charge in [-0.05, 0) is 36.8 Å². The van der Waals surface area contributed by atoms with Crippen molar-refractivity contribution in [3.8, 4) is 5.88 Å². The molecule has 2 heterocycles. The monoisotopic (exact) mass is 426 g/mol. The number of hydrogen-bond acceptors (Lipinski definition) is 6. The molecular weight excluding hydrogens is 408 g/mol. The molecule has 1 unspecified atom stereocenters. The third-order valence-corrected chi connectivity index (χ3v) is 6.34. The average Bonchev–Trinajstić information content (AvgIpc) is 3.05. The Labute approximate surface area is 155 Å². The minimum absolute atomic E-state index is 0.232. The highest BCUT2D eigenvalue weighted by Crippen LogP contribution is 2.24. The minimum atomic E-state index is -3.51. The zero-order valence-electron chi connectivity index (χ0n) is 14.0. The Kier molecular flexibility index (Phi) is 5.26. The highest BCUT2D eigenvalue weighted by atomic mass is 79.9. The third kappa shape index (κ3) is 4.10. The molecular formula is C16H19BrN4O3S. The number of aromatic nitrogens is 2. The van der Waals surface area contributed by atoms with Crippen molar-refractivity contribution in [2.24, 2.45) is 0 Å². The molecule has 9 heteroatoms. The van der Waals surface area contributed by atoms with Crippen molar-refractivity contribution in [3.63, 3.8) is 0 Å². The van der Waals surface area contributed by atoms with Gasteiger partial charge in [0.25, 0.3) is 0 Å². The zero-order chi connectivity index (χ0) is 18.0.